The van der Waals surface area contributed by atoms with Crippen LogP contribution in [0.2, 0.25) is 0 Å². The van der Waals surface area contributed by atoms with E-state index in [4.69, 9.17) is 5.11 Å². The molecule has 3 N–H and O–H groups in total. The molecule has 1 unspecified atom stereocenters. The molecule has 0 aliphatic heterocycles. The molecular weight excluding hydrogens is 238 g/mol. The first-order valence-electron chi connectivity index (χ1n) is 5.45. The highest BCUT2D eigenvalue weighted by molar-refractivity contribution is 5.68. The first-order chi connectivity index (χ1) is 8.49. The van der Waals surface area contributed by atoms with Crippen LogP contribution < -0.4 is 10.2 Å². The molecule has 100 valence electrons. The molecule has 0 aliphatic rings. The van der Waals surface area contributed by atoms with Crippen molar-refractivity contribution in [2.45, 2.75) is 6.10 Å². The maximum atomic E-state index is 10.9. The van der Waals surface area contributed by atoms with E-state index in [0.717, 1.165) is 0 Å². The molecule has 0 fully saturated rings. The number of nitro groups is 1. The van der Waals surface area contributed by atoms with E-state index in [1.807, 2.05) is 0 Å². The molecule has 0 amide bonds. The fourth-order valence-electron chi connectivity index (χ4n) is 1.60. The summed E-state index contributed by atoms with van der Waals surface area (Å²) in [7, 11) is 3.30. The van der Waals surface area contributed by atoms with Crippen molar-refractivity contribution in [1.82, 2.24) is 0 Å². The van der Waals surface area contributed by atoms with E-state index in [-0.39, 0.29) is 18.8 Å². The Bertz CT molecular complexity index is 425. The minimum Gasteiger partial charge on any atom is -0.394 e. The zero-order chi connectivity index (χ0) is 13.7. The summed E-state index contributed by atoms with van der Waals surface area (Å²) in [6, 6.07) is 4.74. The Morgan fingerprint density at radius 1 is 1.56 bits per heavy atom. The van der Waals surface area contributed by atoms with Gasteiger partial charge in [0.25, 0.3) is 5.69 Å². The van der Waals surface area contributed by atoms with Gasteiger partial charge in [-0.2, -0.15) is 0 Å². The predicted octanol–water partition coefficient (Wildman–Crippen LogP) is 0.426. The van der Waals surface area contributed by atoms with E-state index in [9.17, 15) is 15.2 Å². The third-order valence-corrected chi connectivity index (χ3v) is 2.58. The predicted molar refractivity (Wildman–Crippen MR) is 69.0 cm³/mol. The van der Waals surface area contributed by atoms with Crippen LogP contribution in [0.5, 0.6) is 0 Å². The maximum Gasteiger partial charge on any atom is 0.294 e. The molecule has 1 atom stereocenters. The Morgan fingerprint density at radius 3 is 2.72 bits per heavy atom. The topological polar surface area (TPSA) is 98.9 Å². The summed E-state index contributed by atoms with van der Waals surface area (Å²) >= 11 is 0. The number of nitrogens with one attached hydrogen (secondary N) is 1. The van der Waals surface area contributed by atoms with E-state index in [0.29, 0.717) is 11.4 Å². The zero-order valence-corrected chi connectivity index (χ0v) is 10.3. The van der Waals surface area contributed by atoms with Gasteiger partial charge in [0.1, 0.15) is 5.69 Å². The molecule has 0 saturated carbocycles. The highest BCUT2D eigenvalue weighted by atomic mass is 16.6. The second kappa shape index (κ2) is 6.18. The summed E-state index contributed by atoms with van der Waals surface area (Å²) < 4.78 is 0. The number of nitro benzene ring substituents is 1. The number of benzene rings is 1. The van der Waals surface area contributed by atoms with Gasteiger partial charge in [0, 0.05) is 32.4 Å². The summed E-state index contributed by atoms with van der Waals surface area (Å²) in [6.45, 7) is -0.145. The van der Waals surface area contributed by atoms with E-state index >= 15 is 0 Å². The van der Waals surface area contributed by atoms with Crippen molar-refractivity contribution in [3.63, 3.8) is 0 Å². The van der Waals surface area contributed by atoms with Gasteiger partial charge in [0.2, 0.25) is 0 Å². The summed E-state index contributed by atoms with van der Waals surface area (Å²) in [5.74, 6) is 0. The largest absolute Gasteiger partial charge is 0.394 e. The first kappa shape index (κ1) is 14.2. The molecule has 18 heavy (non-hydrogen) atoms. The van der Waals surface area contributed by atoms with Crippen LogP contribution in [0.4, 0.5) is 17.1 Å². The zero-order valence-electron chi connectivity index (χ0n) is 10.3. The van der Waals surface area contributed by atoms with E-state index in [1.54, 1.807) is 31.1 Å². The summed E-state index contributed by atoms with van der Waals surface area (Å²) in [6.07, 6.45) is -0.877. The van der Waals surface area contributed by atoms with Crippen LogP contribution >= 0.6 is 0 Å². The molecule has 0 bridgehead atoms. The quantitative estimate of drug-likeness (QED) is 0.503. The van der Waals surface area contributed by atoms with Gasteiger partial charge in [-0.05, 0) is 12.1 Å². The number of anilines is 2. The molecule has 0 spiro atoms. The van der Waals surface area contributed by atoms with Crippen molar-refractivity contribution in [1.29, 1.82) is 0 Å². The number of hydrogen-bond acceptors (Lipinski definition) is 6. The molecule has 0 heterocycles. The van der Waals surface area contributed by atoms with Crippen LogP contribution in [0.3, 0.4) is 0 Å². The lowest BCUT2D eigenvalue weighted by molar-refractivity contribution is -0.383. The second-order valence-electron chi connectivity index (χ2n) is 3.93. The fraction of sp³-hybridized carbons (Fsp3) is 0.455. The van der Waals surface area contributed by atoms with Gasteiger partial charge in [-0.25, -0.2) is 0 Å². The summed E-state index contributed by atoms with van der Waals surface area (Å²) in [5, 5.41) is 31.7. The molecule has 0 radical (unpaired) electrons. The van der Waals surface area contributed by atoms with Crippen LogP contribution in [-0.2, 0) is 0 Å². The van der Waals surface area contributed by atoms with Gasteiger partial charge in [-0.1, -0.05) is 0 Å². The first-order valence-corrected chi connectivity index (χ1v) is 5.45. The molecule has 1 aromatic rings. The SMILES string of the molecule is CNc1ccc(N(C)CC(O)CO)cc1[N+](=O)[O-]. The van der Waals surface area contributed by atoms with Crippen molar-refractivity contribution in [2.24, 2.45) is 0 Å². The van der Waals surface area contributed by atoms with Crippen LogP contribution in [0, 0.1) is 10.1 Å². The van der Waals surface area contributed by atoms with Crippen molar-refractivity contribution < 1.29 is 15.1 Å². The van der Waals surface area contributed by atoms with Gasteiger partial charge in [0.15, 0.2) is 0 Å². The monoisotopic (exact) mass is 255 g/mol. The fourth-order valence-corrected chi connectivity index (χ4v) is 1.60. The maximum absolute atomic E-state index is 10.9. The van der Waals surface area contributed by atoms with Gasteiger partial charge in [-0.3, -0.25) is 10.1 Å². The number of rotatable bonds is 6. The second-order valence-corrected chi connectivity index (χ2v) is 3.93. The number of aliphatic hydroxyl groups is 2. The van der Waals surface area contributed by atoms with Crippen molar-refractivity contribution in [2.75, 3.05) is 37.5 Å². The van der Waals surface area contributed by atoms with Gasteiger partial charge < -0.3 is 20.4 Å². The Labute approximate surface area is 105 Å². The molecule has 0 aromatic heterocycles. The standard InChI is InChI=1S/C11H17N3O4/c1-12-10-4-3-8(5-11(10)14(17)18)13(2)6-9(16)7-15/h3-5,9,12,15-16H,6-7H2,1-2H3. The van der Waals surface area contributed by atoms with Gasteiger partial charge >= 0.3 is 0 Å². The lowest BCUT2D eigenvalue weighted by atomic mass is 10.2. The molecule has 7 nitrogen and oxygen atoms in total. The minimum atomic E-state index is -0.877. The highest BCUT2D eigenvalue weighted by Crippen LogP contribution is 2.28. The van der Waals surface area contributed by atoms with Gasteiger partial charge in [0.05, 0.1) is 17.6 Å². The molecule has 1 rings (SSSR count). The number of hydrogen-bond donors (Lipinski definition) is 3. The smallest absolute Gasteiger partial charge is 0.294 e. The van der Waals surface area contributed by atoms with E-state index < -0.39 is 11.0 Å². The van der Waals surface area contributed by atoms with E-state index in [1.165, 1.54) is 6.07 Å². The van der Waals surface area contributed by atoms with Crippen LogP contribution in [0.15, 0.2) is 18.2 Å². The molecule has 0 aliphatic carbocycles. The summed E-state index contributed by atoms with van der Waals surface area (Å²) in [5.41, 5.74) is 1.01. The minimum absolute atomic E-state index is 0.0275. The summed E-state index contributed by atoms with van der Waals surface area (Å²) in [4.78, 5) is 12.1. The Kier molecular flexibility index (Phi) is 4.87. The van der Waals surface area contributed by atoms with Crippen LogP contribution in [0.25, 0.3) is 0 Å². The van der Waals surface area contributed by atoms with Crippen molar-refractivity contribution >= 4 is 17.1 Å². The Hall–Kier alpha value is -1.86. The highest BCUT2D eigenvalue weighted by Gasteiger charge is 2.16. The number of likely N-dealkylation sites (N-methyl/N-ethyl adjacent to an activating group) is 1. The van der Waals surface area contributed by atoms with Gasteiger partial charge in [-0.15, -0.1) is 0 Å². The van der Waals surface area contributed by atoms with Crippen LogP contribution in [0.1, 0.15) is 0 Å². The number of aliphatic hydroxyl groups excluding tert-OH is 2. The molecule has 7 heteroatoms. The van der Waals surface area contributed by atoms with Crippen molar-refractivity contribution in [3.8, 4) is 0 Å². The van der Waals surface area contributed by atoms with Crippen molar-refractivity contribution in [3.05, 3.63) is 28.3 Å². The van der Waals surface area contributed by atoms with Crippen LogP contribution in [-0.4, -0.2) is 48.5 Å². The lowest BCUT2D eigenvalue weighted by Crippen LogP contribution is -2.31. The third-order valence-electron chi connectivity index (χ3n) is 2.58. The molecule has 1 aromatic carbocycles. The Morgan fingerprint density at radius 2 is 2.22 bits per heavy atom. The molecular formula is C11H17N3O4. The Balaban J connectivity index is 2.97. The average molecular weight is 255 g/mol. The third kappa shape index (κ3) is 3.31. The number of nitrogens with zero attached hydrogens (tertiary/aromatic N) is 2. The van der Waals surface area contributed by atoms with E-state index in [2.05, 4.69) is 5.32 Å². The normalized spacial score (nSPS) is 12.0. The average Bonchev–Trinajstić information content (AvgIpc) is 2.37. The molecule has 0 saturated heterocycles. The lowest BCUT2D eigenvalue weighted by Gasteiger charge is -2.21.